The van der Waals surface area contributed by atoms with Gasteiger partial charge in [0, 0.05) is 11.6 Å². The van der Waals surface area contributed by atoms with Crippen LogP contribution in [0.1, 0.15) is 5.56 Å². The van der Waals surface area contributed by atoms with Crippen LogP contribution >= 0.6 is 23.4 Å². The maximum absolute atomic E-state index is 11.7. The van der Waals surface area contributed by atoms with E-state index >= 15 is 0 Å². The van der Waals surface area contributed by atoms with Gasteiger partial charge in [-0.1, -0.05) is 35.5 Å². The Morgan fingerprint density at radius 2 is 1.76 bits per heavy atom. The molecule has 0 spiro atoms. The first-order valence-corrected chi connectivity index (χ1v) is 7.30. The van der Waals surface area contributed by atoms with Gasteiger partial charge in [-0.15, -0.1) is 0 Å². The molecule has 0 unspecified atom stereocenters. The molecule has 2 rings (SSSR count). The number of benzene rings is 1. The molecule has 0 saturated carbocycles. The third-order valence-corrected chi connectivity index (χ3v) is 3.48. The number of thioether (sulfide) groups is 1. The number of carbonyl (C=O) groups excluding carboxylic acids is 1. The Labute approximate surface area is 130 Å². The van der Waals surface area contributed by atoms with E-state index in [1.54, 1.807) is 12.1 Å². The van der Waals surface area contributed by atoms with E-state index in [2.05, 4.69) is 20.3 Å². The number of hydrogen-bond acceptors (Lipinski definition) is 7. The Kier molecular flexibility index (Phi) is 5.18. The lowest BCUT2D eigenvalue weighted by molar-refractivity contribution is -0.118. The van der Waals surface area contributed by atoms with Gasteiger partial charge in [0.2, 0.25) is 17.8 Å². The highest BCUT2D eigenvalue weighted by molar-refractivity contribution is 7.99. The van der Waals surface area contributed by atoms with Gasteiger partial charge in [-0.25, -0.2) is 0 Å². The molecule has 0 aliphatic heterocycles. The molecule has 9 heteroatoms. The molecule has 1 heterocycles. The van der Waals surface area contributed by atoms with Crippen LogP contribution in [-0.4, -0.2) is 26.6 Å². The number of rotatable bonds is 5. The zero-order chi connectivity index (χ0) is 15.2. The number of aromatic nitrogens is 3. The van der Waals surface area contributed by atoms with E-state index in [0.717, 1.165) is 17.3 Å². The van der Waals surface area contributed by atoms with Gasteiger partial charge in [0.25, 0.3) is 0 Å². The molecule has 0 radical (unpaired) electrons. The summed E-state index contributed by atoms with van der Waals surface area (Å²) in [7, 11) is 0. The van der Waals surface area contributed by atoms with Crippen molar-refractivity contribution in [2.45, 2.75) is 11.7 Å². The molecule has 0 saturated heterocycles. The van der Waals surface area contributed by atoms with Crippen molar-refractivity contribution in [1.82, 2.24) is 20.3 Å². The molecular weight excluding hydrogens is 312 g/mol. The second-order valence-corrected chi connectivity index (χ2v) is 5.41. The van der Waals surface area contributed by atoms with Crippen molar-refractivity contribution in [2.24, 2.45) is 0 Å². The maximum atomic E-state index is 11.7. The van der Waals surface area contributed by atoms with E-state index in [-0.39, 0.29) is 23.6 Å². The van der Waals surface area contributed by atoms with E-state index < -0.39 is 0 Å². The van der Waals surface area contributed by atoms with Crippen molar-refractivity contribution < 1.29 is 4.79 Å². The zero-order valence-corrected chi connectivity index (χ0v) is 12.5. The number of halogens is 1. The molecule has 2 aromatic rings. The third kappa shape index (κ3) is 5.09. The van der Waals surface area contributed by atoms with Crippen LogP contribution in [-0.2, 0) is 11.3 Å². The van der Waals surface area contributed by atoms with Gasteiger partial charge < -0.3 is 16.8 Å². The number of nitrogens with two attached hydrogens (primary N) is 2. The van der Waals surface area contributed by atoms with E-state index in [0.29, 0.717) is 16.7 Å². The minimum atomic E-state index is -0.146. The first-order valence-electron chi connectivity index (χ1n) is 5.94. The van der Waals surface area contributed by atoms with Crippen LogP contribution in [0.15, 0.2) is 29.4 Å². The predicted octanol–water partition coefficient (Wildman–Crippen LogP) is 1.10. The number of nitrogen functional groups attached to an aromatic ring is 2. The highest BCUT2D eigenvalue weighted by atomic mass is 35.5. The smallest absolute Gasteiger partial charge is 0.230 e. The number of hydrogen-bond donors (Lipinski definition) is 3. The number of anilines is 2. The molecule has 21 heavy (non-hydrogen) atoms. The summed E-state index contributed by atoms with van der Waals surface area (Å²) in [4.78, 5) is 23.1. The van der Waals surface area contributed by atoms with Crippen LogP contribution < -0.4 is 16.8 Å². The van der Waals surface area contributed by atoms with E-state index in [9.17, 15) is 4.79 Å². The Hall–Kier alpha value is -2.06. The summed E-state index contributed by atoms with van der Waals surface area (Å²) >= 11 is 6.93. The van der Waals surface area contributed by atoms with E-state index in [1.165, 1.54) is 0 Å². The lowest BCUT2D eigenvalue weighted by Crippen LogP contribution is -2.24. The average molecular weight is 325 g/mol. The number of amides is 1. The van der Waals surface area contributed by atoms with Crippen molar-refractivity contribution in [2.75, 3.05) is 17.2 Å². The fraction of sp³-hybridized carbons (Fsp3) is 0.167. The molecule has 7 nitrogen and oxygen atoms in total. The molecular formula is C12H13ClN6OS. The summed E-state index contributed by atoms with van der Waals surface area (Å²) in [6, 6.07) is 7.24. The summed E-state index contributed by atoms with van der Waals surface area (Å²) in [5.74, 6) is 0.0851. The molecule has 0 bridgehead atoms. The van der Waals surface area contributed by atoms with E-state index in [1.807, 2.05) is 12.1 Å². The highest BCUT2D eigenvalue weighted by Crippen LogP contribution is 2.14. The van der Waals surface area contributed by atoms with Crippen LogP contribution in [0.3, 0.4) is 0 Å². The Bertz CT molecular complexity index is 616. The van der Waals surface area contributed by atoms with Gasteiger partial charge >= 0.3 is 0 Å². The van der Waals surface area contributed by atoms with Gasteiger partial charge in [0.1, 0.15) is 0 Å². The number of nitrogens with one attached hydrogen (secondary N) is 1. The molecule has 1 aromatic heterocycles. The Morgan fingerprint density at radius 3 is 2.38 bits per heavy atom. The SMILES string of the molecule is Nc1nc(N)nc(SCC(=O)NCc2ccc(Cl)cc2)n1. The molecule has 0 aliphatic carbocycles. The Balaban J connectivity index is 1.80. The van der Waals surface area contributed by atoms with Crippen molar-refractivity contribution in [1.29, 1.82) is 0 Å². The minimum absolute atomic E-state index is 0.0339. The number of nitrogens with zero attached hydrogens (tertiary/aromatic N) is 3. The highest BCUT2D eigenvalue weighted by Gasteiger charge is 2.07. The van der Waals surface area contributed by atoms with Gasteiger partial charge in [0.15, 0.2) is 5.16 Å². The zero-order valence-electron chi connectivity index (χ0n) is 10.9. The predicted molar refractivity (Wildman–Crippen MR) is 82.7 cm³/mol. The van der Waals surface area contributed by atoms with Crippen molar-refractivity contribution in [3.63, 3.8) is 0 Å². The van der Waals surface area contributed by atoms with Crippen molar-refractivity contribution >= 4 is 41.2 Å². The molecule has 1 amide bonds. The number of carbonyl (C=O) groups is 1. The summed E-state index contributed by atoms with van der Waals surface area (Å²) in [6.45, 7) is 0.429. The third-order valence-electron chi connectivity index (χ3n) is 2.38. The second kappa shape index (κ2) is 7.09. The molecule has 0 aliphatic rings. The first-order chi connectivity index (χ1) is 10.0. The largest absolute Gasteiger partial charge is 0.368 e. The lowest BCUT2D eigenvalue weighted by Gasteiger charge is -2.05. The van der Waals surface area contributed by atoms with Crippen LogP contribution in [0, 0.1) is 0 Å². The quantitative estimate of drug-likeness (QED) is 0.704. The lowest BCUT2D eigenvalue weighted by atomic mass is 10.2. The summed E-state index contributed by atoms with van der Waals surface area (Å²) < 4.78 is 0. The van der Waals surface area contributed by atoms with Crippen LogP contribution in [0.25, 0.3) is 0 Å². The fourth-order valence-corrected chi connectivity index (χ4v) is 2.24. The van der Waals surface area contributed by atoms with E-state index in [4.69, 9.17) is 23.1 Å². The van der Waals surface area contributed by atoms with Crippen LogP contribution in [0.2, 0.25) is 5.02 Å². The van der Waals surface area contributed by atoms with Gasteiger partial charge in [0.05, 0.1) is 5.75 Å². The van der Waals surface area contributed by atoms with Gasteiger partial charge in [-0.05, 0) is 17.7 Å². The Morgan fingerprint density at radius 1 is 1.14 bits per heavy atom. The van der Waals surface area contributed by atoms with Crippen LogP contribution in [0.5, 0.6) is 0 Å². The molecule has 0 atom stereocenters. The summed E-state index contributed by atoms with van der Waals surface area (Å²) in [5, 5.41) is 3.76. The molecule has 5 N–H and O–H groups in total. The molecule has 1 aromatic carbocycles. The molecule has 110 valence electrons. The summed E-state index contributed by atoms with van der Waals surface area (Å²) in [5.41, 5.74) is 11.9. The normalized spacial score (nSPS) is 10.3. The average Bonchev–Trinajstić information content (AvgIpc) is 2.43. The van der Waals surface area contributed by atoms with Gasteiger partial charge in [-0.3, -0.25) is 4.79 Å². The monoisotopic (exact) mass is 324 g/mol. The second-order valence-electron chi connectivity index (χ2n) is 4.03. The fourth-order valence-electron chi connectivity index (χ4n) is 1.44. The summed E-state index contributed by atoms with van der Waals surface area (Å²) in [6.07, 6.45) is 0. The van der Waals surface area contributed by atoms with Crippen molar-refractivity contribution in [3.05, 3.63) is 34.9 Å². The standard InChI is InChI=1S/C12H13ClN6OS/c13-8-3-1-7(2-4-8)5-16-9(20)6-21-12-18-10(14)17-11(15)19-12/h1-4H,5-6H2,(H,16,20)(H4,14,15,17,18,19). The maximum Gasteiger partial charge on any atom is 0.230 e. The van der Waals surface area contributed by atoms with Crippen molar-refractivity contribution in [3.8, 4) is 0 Å². The molecule has 0 fully saturated rings. The minimum Gasteiger partial charge on any atom is -0.368 e. The first kappa shape index (κ1) is 15.3. The van der Waals surface area contributed by atoms with Gasteiger partial charge in [-0.2, -0.15) is 15.0 Å². The van der Waals surface area contributed by atoms with Crippen LogP contribution in [0.4, 0.5) is 11.9 Å². The topological polar surface area (TPSA) is 120 Å².